The lowest BCUT2D eigenvalue weighted by atomic mass is 9.98. The lowest BCUT2D eigenvalue weighted by Crippen LogP contribution is -2.53. The van der Waals surface area contributed by atoms with E-state index in [9.17, 15) is 4.79 Å². The van der Waals surface area contributed by atoms with Crippen molar-refractivity contribution in [1.29, 1.82) is 5.26 Å². The summed E-state index contributed by atoms with van der Waals surface area (Å²) in [7, 11) is 1.66. The lowest BCUT2D eigenvalue weighted by molar-refractivity contribution is -0.125. The number of rotatable bonds is 2. The molecule has 1 saturated heterocycles. The van der Waals surface area contributed by atoms with Crippen molar-refractivity contribution >= 4 is 11.6 Å². The molecule has 0 radical (unpaired) electrons. The molecule has 82 valence electrons. The number of hydrogen-bond donors (Lipinski definition) is 1. The summed E-state index contributed by atoms with van der Waals surface area (Å²) in [6, 6.07) is 9.50. The Balaban J connectivity index is 1.97. The van der Waals surface area contributed by atoms with Gasteiger partial charge in [0.05, 0.1) is 17.6 Å². The van der Waals surface area contributed by atoms with Crippen molar-refractivity contribution < 1.29 is 4.79 Å². The van der Waals surface area contributed by atoms with Crippen LogP contribution in [0.25, 0.3) is 0 Å². The molecule has 4 nitrogen and oxygen atoms in total. The SMILES string of the molecule is CNC(=O)C1CN(c2ccc(C#N)cc2)C1. The standard InChI is InChI=1S/C12H13N3O/c1-14-12(16)10-7-15(8-10)11-4-2-9(6-13)3-5-11/h2-5,10H,7-8H2,1H3,(H,14,16). The molecule has 0 saturated carbocycles. The molecule has 0 bridgehead atoms. The molecule has 0 unspecified atom stereocenters. The first-order chi connectivity index (χ1) is 7.74. The van der Waals surface area contributed by atoms with Crippen LogP contribution in [0, 0.1) is 17.2 Å². The molecule has 0 atom stereocenters. The second-order valence-electron chi connectivity index (χ2n) is 3.87. The lowest BCUT2D eigenvalue weighted by Gasteiger charge is -2.39. The maximum atomic E-state index is 11.3. The summed E-state index contributed by atoms with van der Waals surface area (Å²) in [5.41, 5.74) is 1.73. The fraction of sp³-hybridized carbons (Fsp3) is 0.333. The summed E-state index contributed by atoms with van der Waals surface area (Å²) in [4.78, 5) is 13.4. The van der Waals surface area contributed by atoms with E-state index in [1.807, 2.05) is 12.1 Å². The molecule has 1 aromatic carbocycles. The van der Waals surface area contributed by atoms with E-state index in [0.717, 1.165) is 18.8 Å². The van der Waals surface area contributed by atoms with Crippen LogP contribution in [0.5, 0.6) is 0 Å². The molecule has 1 amide bonds. The average molecular weight is 215 g/mol. The number of hydrogen-bond acceptors (Lipinski definition) is 3. The van der Waals surface area contributed by atoms with E-state index in [1.165, 1.54) is 0 Å². The van der Waals surface area contributed by atoms with E-state index in [1.54, 1.807) is 19.2 Å². The Labute approximate surface area is 94.5 Å². The second-order valence-corrected chi connectivity index (χ2v) is 3.87. The van der Waals surface area contributed by atoms with Crippen molar-refractivity contribution in [3.63, 3.8) is 0 Å². The van der Waals surface area contributed by atoms with Crippen molar-refractivity contribution in [2.75, 3.05) is 25.0 Å². The van der Waals surface area contributed by atoms with E-state index >= 15 is 0 Å². The van der Waals surface area contributed by atoms with E-state index in [-0.39, 0.29) is 11.8 Å². The van der Waals surface area contributed by atoms with Gasteiger partial charge in [0.25, 0.3) is 0 Å². The van der Waals surface area contributed by atoms with Crippen LogP contribution in [0.4, 0.5) is 5.69 Å². The number of anilines is 1. The van der Waals surface area contributed by atoms with Gasteiger partial charge in [0.2, 0.25) is 5.91 Å². The highest BCUT2D eigenvalue weighted by molar-refractivity contribution is 5.81. The minimum atomic E-state index is 0.0978. The number of carbonyl (C=O) groups excluding carboxylic acids is 1. The Bertz CT molecular complexity index is 427. The summed E-state index contributed by atoms with van der Waals surface area (Å²) >= 11 is 0. The first-order valence-electron chi connectivity index (χ1n) is 5.21. The summed E-state index contributed by atoms with van der Waals surface area (Å²) in [5, 5.41) is 11.3. The smallest absolute Gasteiger partial charge is 0.226 e. The normalized spacial score (nSPS) is 15.1. The maximum Gasteiger partial charge on any atom is 0.226 e. The zero-order valence-corrected chi connectivity index (χ0v) is 9.10. The molecule has 16 heavy (non-hydrogen) atoms. The zero-order chi connectivity index (χ0) is 11.5. The van der Waals surface area contributed by atoms with Gasteiger partial charge < -0.3 is 10.2 Å². The van der Waals surface area contributed by atoms with Crippen LogP contribution in [0.2, 0.25) is 0 Å². The van der Waals surface area contributed by atoms with Gasteiger partial charge >= 0.3 is 0 Å². The molecular weight excluding hydrogens is 202 g/mol. The number of nitrogens with one attached hydrogen (secondary N) is 1. The van der Waals surface area contributed by atoms with Gasteiger partial charge in [0, 0.05) is 25.8 Å². The summed E-state index contributed by atoms with van der Waals surface area (Å²) in [6.07, 6.45) is 0. The molecule has 1 fully saturated rings. The Morgan fingerprint density at radius 1 is 1.44 bits per heavy atom. The first-order valence-corrected chi connectivity index (χ1v) is 5.21. The second kappa shape index (κ2) is 4.23. The Kier molecular flexibility index (Phi) is 2.78. The van der Waals surface area contributed by atoms with Crippen LogP contribution in [0.1, 0.15) is 5.56 Å². The van der Waals surface area contributed by atoms with Gasteiger partial charge in [-0.15, -0.1) is 0 Å². The van der Waals surface area contributed by atoms with E-state index in [4.69, 9.17) is 5.26 Å². The molecule has 1 aromatic rings. The Morgan fingerprint density at radius 3 is 2.56 bits per heavy atom. The first kappa shape index (κ1) is 10.5. The molecule has 2 rings (SSSR count). The van der Waals surface area contributed by atoms with Gasteiger partial charge in [-0.2, -0.15) is 5.26 Å². The van der Waals surface area contributed by atoms with Crippen molar-refractivity contribution in [1.82, 2.24) is 5.32 Å². The largest absolute Gasteiger partial charge is 0.370 e. The summed E-state index contributed by atoms with van der Waals surface area (Å²) in [5.74, 6) is 0.200. The number of benzene rings is 1. The molecule has 0 spiro atoms. The number of carbonyl (C=O) groups is 1. The van der Waals surface area contributed by atoms with Crippen LogP contribution in [0.15, 0.2) is 24.3 Å². The van der Waals surface area contributed by atoms with E-state index in [2.05, 4.69) is 16.3 Å². The maximum absolute atomic E-state index is 11.3. The van der Waals surface area contributed by atoms with Crippen molar-refractivity contribution in [3.8, 4) is 6.07 Å². The highest BCUT2D eigenvalue weighted by Gasteiger charge is 2.31. The third-order valence-corrected chi connectivity index (χ3v) is 2.86. The van der Waals surface area contributed by atoms with Crippen molar-refractivity contribution in [2.45, 2.75) is 0 Å². The zero-order valence-electron chi connectivity index (χ0n) is 9.10. The minimum absolute atomic E-state index is 0.0978. The highest BCUT2D eigenvalue weighted by Crippen LogP contribution is 2.24. The topological polar surface area (TPSA) is 56.1 Å². The van der Waals surface area contributed by atoms with Crippen LogP contribution in [0.3, 0.4) is 0 Å². The predicted molar refractivity (Wildman–Crippen MR) is 60.9 cm³/mol. The van der Waals surface area contributed by atoms with Crippen LogP contribution >= 0.6 is 0 Å². The van der Waals surface area contributed by atoms with Gasteiger partial charge in [-0.05, 0) is 24.3 Å². The monoisotopic (exact) mass is 215 g/mol. The van der Waals surface area contributed by atoms with Gasteiger partial charge in [0.15, 0.2) is 0 Å². The van der Waals surface area contributed by atoms with Gasteiger partial charge in [-0.3, -0.25) is 4.79 Å². The molecule has 1 aliphatic heterocycles. The molecule has 0 aromatic heterocycles. The molecule has 0 aliphatic carbocycles. The summed E-state index contributed by atoms with van der Waals surface area (Å²) < 4.78 is 0. The van der Waals surface area contributed by atoms with Crippen LogP contribution < -0.4 is 10.2 Å². The molecule has 1 N–H and O–H groups in total. The molecule has 4 heteroatoms. The number of amides is 1. The molecular formula is C12H13N3O. The van der Waals surface area contributed by atoms with Gasteiger partial charge in [-0.25, -0.2) is 0 Å². The number of nitrogens with zero attached hydrogens (tertiary/aromatic N) is 2. The van der Waals surface area contributed by atoms with Gasteiger partial charge in [0.1, 0.15) is 0 Å². The van der Waals surface area contributed by atoms with Crippen LogP contribution in [-0.4, -0.2) is 26.0 Å². The van der Waals surface area contributed by atoms with Crippen molar-refractivity contribution in [2.24, 2.45) is 5.92 Å². The Hall–Kier alpha value is -2.02. The number of nitriles is 1. The highest BCUT2D eigenvalue weighted by atomic mass is 16.1. The molecule has 1 aliphatic rings. The van der Waals surface area contributed by atoms with E-state index < -0.39 is 0 Å². The fourth-order valence-electron chi connectivity index (χ4n) is 1.81. The quantitative estimate of drug-likeness (QED) is 0.791. The average Bonchev–Trinajstić information content (AvgIpc) is 2.27. The summed E-state index contributed by atoms with van der Waals surface area (Å²) in [6.45, 7) is 1.51. The van der Waals surface area contributed by atoms with Crippen molar-refractivity contribution in [3.05, 3.63) is 29.8 Å². The molecule has 1 heterocycles. The predicted octanol–water partition coefficient (Wildman–Crippen LogP) is 0.740. The minimum Gasteiger partial charge on any atom is -0.370 e. The third kappa shape index (κ3) is 1.84. The van der Waals surface area contributed by atoms with Gasteiger partial charge in [-0.1, -0.05) is 0 Å². The van der Waals surface area contributed by atoms with Crippen LogP contribution in [-0.2, 0) is 4.79 Å². The fourth-order valence-corrected chi connectivity index (χ4v) is 1.81. The van der Waals surface area contributed by atoms with E-state index in [0.29, 0.717) is 5.56 Å². The third-order valence-electron chi connectivity index (χ3n) is 2.86. The Morgan fingerprint density at radius 2 is 2.06 bits per heavy atom.